The zero-order valence-corrected chi connectivity index (χ0v) is 14.5. The van der Waals surface area contributed by atoms with E-state index in [1.807, 2.05) is 23.8 Å². The van der Waals surface area contributed by atoms with E-state index in [0.29, 0.717) is 23.5 Å². The van der Waals surface area contributed by atoms with Crippen molar-refractivity contribution in [2.24, 2.45) is 5.92 Å². The van der Waals surface area contributed by atoms with Gasteiger partial charge in [0.15, 0.2) is 9.84 Å². The predicted octanol–water partition coefficient (Wildman–Crippen LogP) is 2.34. The minimum atomic E-state index is -2.90. The predicted molar refractivity (Wildman–Crippen MR) is 89.3 cm³/mol. The highest BCUT2D eigenvalue weighted by Crippen LogP contribution is 2.29. The first-order valence-corrected chi connectivity index (χ1v) is 10.5. The first-order chi connectivity index (χ1) is 10.4. The van der Waals surface area contributed by atoms with E-state index in [-0.39, 0.29) is 23.3 Å². The van der Waals surface area contributed by atoms with Gasteiger partial charge in [0, 0.05) is 17.5 Å². The molecule has 0 aliphatic carbocycles. The van der Waals surface area contributed by atoms with Crippen molar-refractivity contribution in [1.82, 2.24) is 10.3 Å². The second kappa shape index (κ2) is 6.10. The number of nitrogens with one attached hydrogen (secondary N) is 1. The largest absolute Gasteiger partial charge is 0.351 e. The van der Waals surface area contributed by atoms with Gasteiger partial charge in [-0.2, -0.15) is 11.3 Å². The standard InChI is InChI=1S/C14H16N2O3S3/c1-9-12(21-14(16-9)11-2-4-20-7-11)13(17)15-6-10-3-5-22(18,19)8-10/h2,4,7,10H,3,5-6,8H2,1H3,(H,15,17). The molecule has 0 bridgehead atoms. The summed E-state index contributed by atoms with van der Waals surface area (Å²) in [7, 11) is -2.90. The lowest BCUT2D eigenvalue weighted by atomic mass is 10.1. The van der Waals surface area contributed by atoms with Gasteiger partial charge in [-0.25, -0.2) is 13.4 Å². The average Bonchev–Trinajstić information content (AvgIpc) is 3.15. The number of rotatable bonds is 4. The molecule has 22 heavy (non-hydrogen) atoms. The number of hydrogen-bond donors (Lipinski definition) is 1. The van der Waals surface area contributed by atoms with E-state index in [1.165, 1.54) is 11.3 Å². The molecular formula is C14H16N2O3S3. The summed E-state index contributed by atoms with van der Waals surface area (Å²) < 4.78 is 22.8. The van der Waals surface area contributed by atoms with Gasteiger partial charge in [0.05, 0.1) is 17.2 Å². The van der Waals surface area contributed by atoms with Crippen molar-refractivity contribution in [3.05, 3.63) is 27.4 Å². The Bertz CT molecular complexity index is 778. The van der Waals surface area contributed by atoms with Crippen LogP contribution in [-0.2, 0) is 9.84 Å². The molecule has 8 heteroatoms. The van der Waals surface area contributed by atoms with E-state index in [0.717, 1.165) is 10.6 Å². The first-order valence-electron chi connectivity index (χ1n) is 6.93. The number of hydrogen-bond acceptors (Lipinski definition) is 6. The number of amides is 1. The quantitative estimate of drug-likeness (QED) is 0.912. The summed E-state index contributed by atoms with van der Waals surface area (Å²) in [5.74, 6) is 0.268. The molecule has 1 atom stereocenters. The minimum Gasteiger partial charge on any atom is -0.351 e. The molecule has 1 unspecified atom stereocenters. The zero-order valence-electron chi connectivity index (χ0n) is 12.0. The first kappa shape index (κ1) is 15.6. The number of carbonyl (C=O) groups is 1. The third-order valence-corrected chi connectivity index (χ3v) is 7.37. The number of thiazole rings is 1. The third kappa shape index (κ3) is 3.39. The molecule has 3 rings (SSSR count). The van der Waals surface area contributed by atoms with Crippen LogP contribution in [0.1, 0.15) is 21.8 Å². The molecule has 5 nitrogen and oxygen atoms in total. The van der Waals surface area contributed by atoms with Crippen LogP contribution in [0.25, 0.3) is 10.6 Å². The Labute approximate surface area is 137 Å². The van der Waals surface area contributed by atoms with E-state index in [1.54, 1.807) is 11.3 Å². The summed E-state index contributed by atoms with van der Waals surface area (Å²) in [5.41, 5.74) is 1.74. The molecular weight excluding hydrogens is 340 g/mol. The average molecular weight is 356 g/mol. The van der Waals surface area contributed by atoms with Gasteiger partial charge in [0.25, 0.3) is 5.91 Å². The van der Waals surface area contributed by atoms with Gasteiger partial charge < -0.3 is 5.32 Å². The molecule has 0 spiro atoms. The van der Waals surface area contributed by atoms with Crippen molar-refractivity contribution >= 4 is 38.4 Å². The highest BCUT2D eigenvalue weighted by Gasteiger charge is 2.28. The van der Waals surface area contributed by atoms with Crippen molar-refractivity contribution in [3.63, 3.8) is 0 Å². The van der Waals surface area contributed by atoms with Crippen molar-refractivity contribution < 1.29 is 13.2 Å². The molecule has 1 aliphatic heterocycles. The van der Waals surface area contributed by atoms with Crippen molar-refractivity contribution in [2.45, 2.75) is 13.3 Å². The summed E-state index contributed by atoms with van der Waals surface area (Å²) >= 11 is 2.97. The van der Waals surface area contributed by atoms with Crippen LogP contribution < -0.4 is 5.32 Å². The molecule has 1 saturated heterocycles. The van der Waals surface area contributed by atoms with Crippen LogP contribution in [0.5, 0.6) is 0 Å². The van der Waals surface area contributed by atoms with E-state index in [9.17, 15) is 13.2 Å². The van der Waals surface area contributed by atoms with Gasteiger partial charge in [-0.3, -0.25) is 4.79 Å². The Kier molecular flexibility index (Phi) is 4.33. The minimum absolute atomic E-state index is 0.0264. The van der Waals surface area contributed by atoms with E-state index in [4.69, 9.17) is 0 Å². The van der Waals surface area contributed by atoms with E-state index in [2.05, 4.69) is 10.3 Å². The highest BCUT2D eigenvalue weighted by atomic mass is 32.2. The molecule has 2 aromatic heterocycles. The maximum Gasteiger partial charge on any atom is 0.263 e. The van der Waals surface area contributed by atoms with Crippen LogP contribution in [0.3, 0.4) is 0 Å². The number of thiophene rings is 1. The molecule has 1 N–H and O–H groups in total. The summed E-state index contributed by atoms with van der Waals surface area (Å²) in [4.78, 5) is 17.3. The SMILES string of the molecule is Cc1nc(-c2ccsc2)sc1C(=O)NCC1CCS(=O)(=O)C1. The summed E-state index contributed by atoms with van der Waals surface area (Å²) in [6.07, 6.45) is 0.629. The summed E-state index contributed by atoms with van der Waals surface area (Å²) in [5, 5.41) is 7.67. The Morgan fingerprint density at radius 2 is 2.32 bits per heavy atom. The Hall–Kier alpha value is -1.25. The molecule has 1 fully saturated rings. The lowest BCUT2D eigenvalue weighted by Gasteiger charge is -2.08. The number of nitrogens with zero attached hydrogens (tertiary/aromatic N) is 1. The van der Waals surface area contributed by atoms with Crippen LogP contribution >= 0.6 is 22.7 Å². The normalized spacial score (nSPS) is 20.1. The lowest BCUT2D eigenvalue weighted by molar-refractivity contribution is 0.0951. The number of aromatic nitrogens is 1. The molecule has 0 radical (unpaired) electrons. The van der Waals surface area contributed by atoms with E-state index >= 15 is 0 Å². The molecule has 118 valence electrons. The summed E-state index contributed by atoms with van der Waals surface area (Å²) in [6.45, 7) is 2.23. The number of carbonyl (C=O) groups excluding carboxylic acids is 1. The van der Waals surface area contributed by atoms with Crippen LogP contribution in [0.15, 0.2) is 16.8 Å². The molecule has 3 heterocycles. The molecule has 1 amide bonds. The van der Waals surface area contributed by atoms with Gasteiger partial charge in [-0.1, -0.05) is 0 Å². The number of aryl methyl sites for hydroxylation is 1. The van der Waals surface area contributed by atoms with Gasteiger partial charge in [0.2, 0.25) is 0 Å². The van der Waals surface area contributed by atoms with Gasteiger partial charge in [-0.15, -0.1) is 11.3 Å². The second-order valence-corrected chi connectivity index (χ2v) is 9.43. The maximum absolute atomic E-state index is 12.3. The van der Waals surface area contributed by atoms with Crippen LogP contribution in [-0.4, -0.2) is 37.4 Å². The zero-order chi connectivity index (χ0) is 15.7. The molecule has 0 aromatic carbocycles. The monoisotopic (exact) mass is 356 g/mol. The van der Waals surface area contributed by atoms with Gasteiger partial charge >= 0.3 is 0 Å². The summed E-state index contributed by atoms with van der Waals surface area (Å²) in [6, 6.07) is 1.98. The van der Waals surface area contributed by atoms with Crippen molar-refractivity contribution in [3.8, 4) is 10.6 Å². The van der Waals surface area contributed by atoms with Crippen LogP contribution in [0, 0.1) is 12.8 Å². The maximum atomic E-state index is 12.3. The molecule has 0 saturated carbocycles. The van der Waals surface area contributed by atoms with Crippen molar-refractivity contribution in [2.75, 3.05) is 18.1 Å². The topological polar surface area (TPSA) is 76.1 Å². The second-order valence-electron chi connectivity index (χ2n) is 5.42. The van der Waals surface area contributed by atoms with Gasteiger partial charge in [-0.05, 0) is 30.7 Å². The Morgan fingerprint density at radius 3 is 2.95 bits per heavy atom. The van der Waals surface area contributed by atoms with Gasteiger partial charge in [0.1, 0.15) is 9.88 Å². The van der Waals surface area contributed by atoms with Crippen LogP contribution in [0.4, 0.5) is 0 Å². The fourth-order valence-corrected chi connectivity index (χ4v) is 6.02. The van der Waals surface area contributed by atoms with Crippen molar-refractivity contribution in [1.29, 1.82) is 0 Å². The fraction of sp³-hybridized carbons (Fsp3) is 0.429. The smallest absolute Gasteiger partial charge is 0.263 e. The van der Waals surface area contributed by atoms with E-state index < -0.39 is 9.84 Å². The molecule has 1 aliphatic rings. The molecule has 2 aromatic rings. The lowest BCUT2D eigenvalue weighted by Crippen LogP contribution is -2.29. The highest BCUT2D eigenvalue weighted by molar-refractivity contribution is 7.91. The Balaban J connectivity index is 1.66. The third-order valence-electron chi connectivity index (χ3n) is 3.65. The van der Waals surface area contributed by atoms with Crippen LogP contribution in [0.2, 0.25) is 0 Å². The fourth-order valence-electron chi connectivity index (χ4n) is 2.47. The number of sulfone groups is 1. The Morgan fingerprint density at radius 1 is 1.50 bits per heavy atom.